The molecule has 0 fully saturated rings. The lowest BCUT2D eigenvalue weighted by Crippen LogP contribution is -2.25. The van der Waals surface area contributed by atoms with E-state index in [1.54, 1.807) is 39.8 Å². The molecule has 0 bridgehead atoms. The molecule has 0 aromatic heterocycles. The van der Waals surface area contributed by atoms with Crippen molar-refractivity contribution in [3.8, 4) is 0 Å². The lowest BCUT2D eigenvalue weighted by atomic mass is 10.0. The fourth-order valence-corrected chi connectivity index (χ4v) is 1.70. The van der Waals surface area contributed by atoms with Gasteiger partial charge in [-0.25, -0.2) is 9.59 Å². The zero-order valence-corrected chi connectivity index (χ0v) is 12.8. The fraction of sp³-hybridized carbons (Fsp3) is 0.500. The SMILES string of the molecule is CCOC(=O)c1ccc(CC)cc1C(=O)OC(C)(C)C. The Morgan fingerprint density at radius 1 is 1.05 bits per heavy atom. The van der Waals surface area contributed by atoms with E-state index in [1.165, 1.54) is 0 Å². The van der Waals surface area contributed by atoms with Crippen LogP contribution in [0.25, 0.3) is 0 Å². The minimum atomic E-state index is -0.606. The van der Waals surface area contributed by atoms with E-state index in [9.17, 15) is 9.59 Å². The molecule has 0 atom stereocenters. The summed E-state index contributed by atoms with van der Waals surface area (Å²) in [5.74, 6) is -1.01. The molecule has 1 aromatic rings. The first kappa shape index (κ1) is 16.2. The molecule has 0 aliphatic heterocycles. The van der Waals surface area contributed by atoms with Crippen molar-refractivity contribution in [2.24, 2.45) is 0 Å². The first-order valence-electron chi connectivity index (χ1n) is 6.82. The molecular formula is C16H22O4. The first-order valence-corrected chi connectivity index (χ1v) is 6.82. The lowest BCUT2D eigenvalue weighted by Gasteiger charge is -2.20. The van der Waals surface area contributed by atoms with Crippen molar-refractivity contribution in [1.82, 2.24) is 0 Å². The highest BCUT2D eigenvalue weighted by atomic mass is 16.6. The van der Waals surface area contributed by atoms with Crippen LogP contribution in [-0.2, 0) is 15.9 Å². The summed E-state index contributed by atoms with van der Waals surface area (Å²) in [4.78, 5) is 24.1. The van der Waals surface area contributed by atoms with E-state index in [0.29, 0.717) is 0 Å². The number of esters is 2. The number of hydrogen-bond acceptors (Lipinski definition) is 4. The molecule has 0 saturated heterocycles. The normalized spacial score (nSPS) is 11.1. The molecule has 0 spiro atoms. The zero-order valence-electron chi connectivity index (χ0n) is 12.8. The molecule has 4 nitrogen and oxygen atoms in total. The Balaban J connectivity index is 3.19. The number of aryl methyl sites for hydroxylation is 1. The van der Waals surface area contributed by atoms with Crippen LogP contribution >= 0.6 is 0 Å². The van der Waals surface area contributed by atoms with Gasteiger partial charge in [0.1, 0.15) is 5.60 Å². The summed E-state index contributed by atoms with van der Waals surface area (Å²) in [5.41, 5.74) is 0.876. The standard InChI is InChI=1S/C16H22O4/c1-6-11-8-9-12(14(17)19-7-2)13(10-11)15(18)20-16(3,4)5/h8-10H,6-7H2,1-5H3. The number of hydrogen-bond donors (Lipinski definition) is 0. The third-order valence-electron chi connectivity index (χ3n) is 2.61. The average Bonchev–Trinajstić information content (AvgIpc) is 2.36. The Bertz CT molecular complexity index is 498. The number of benzene rings is 1. The Kier molecular flexibility index (Phi) is 5.31. The monoisotopic (exact) mass is 278 g/mol. The van der Waals surface area contributed by atoms with Crippen LogP contribution < -0.4 is 0 Å². The maximum atomic E-state index is 12.2. The quantitative estimate of drug-likeness (QED) is 0.792. The van der Waals surface area contributed by atoms with Gasteiger partial charge in [-0.15, -0.1) is 0 Å². The van der Waals surface area contributed by atoms with Crippen LogP contribution in [-0.4, -0.2) is 24.1 Å². The summed E-state index contributed by atoms with van der Waals surface area (Å²) in [6.45, 7) is 9.35. The summed E-state index contributed by atoms with van der Waals surface area (Å²) >= 11 is 0. The van der Waals surface area contributed by atoms with Crippen molar-refractivity contribution in [3.63, 3.8) is 0 Å². The van der Waals surface area contributed by atoms with Crippen molar-refractivity contribution in [2.75, 3.05) is 6.61 Å². The maximum Gasteiger partial charge on any atom is 0.339 e. The second-order valence-corrected chi connectivity index (χ2v) is 5.46. The van der Waals surface area contributed by atoms with E-state index >= 15 is 0 Å². The zero-order chi connectivity index (χ0) is 15.3. The number of carbonyl (C=O) groups excluding carboxylic acids is 2. The maximum absolute atomic E-state index is 12.2. The van der Waals surface area contributed by atoms with Gasteiger partial charge < -0.3 is 9.47 Å². The summed E-state index contributed by atoms with van der Waals surface area (Å²) in [6.07, 6.45) is 0.777. The Hall–Kier alpha value is -1.84. The molecule has 1 rings (SSSR count). The van der Waals surface area contributed by atoms with Crippen LogP contribution in [0.15, 0.2) is 18.2 Å². The molecule has 0 radical (unpaired) electrons. The van der Waals surface area contributed by atoms with Crippen LogP contribution in [0.2, 0.25) is 0 Å². The van der Waals surface area contributed by atoms with Crippen molar-refractivity contribution in [1.29, 1.82) is 0 Å². The topological polar surface area (TPSA) is 52.6 Å². The van der Waals surface area contributed by atoms with Crippen LogP contribution in [0.1, 0.15) is 60.9 Å². The van der Waals surface area contributed by atoms with Crippen molar-refractivity contribution in [3.05, 3.63) is 34.9 Å². The molecule has 0 amide bonds. The lowest BCUT2D eigenvalue weighted by molar-refractivity contribution is 0.00642. The van der Waals surface area contributed by atoms with Crippen LogP contribution in [0, 0.1) is 0 Å². The largest absolute Gasteiger partial charge is 0.462 e. The molecule has 0 aliphatic carbocycles. The predicted octanol–water partition coefficient (Wildman–Crippen LogP) is 3.38. The highest BCUT2D eigenvalue weighted by molar-refractivity contribution is 6.03. The molecular weight excluding hydrogens is 256 g/mol. The highest BCUT2D eigenvalue weighted by Gasteiger charge is 2.23. The van der Waals surface area contributed by atoms with Gasteiger partial charge in [-0.1, -0.05) is 13.0 Å². The van der Waals surface area contributed by atoms with Crippen LogP contribution in [0.4, 0.5) is 0 Å². The third-order valence-corrected chi connectivity index (χ3v) is 2.61. The molecule has 4 heteroatoms. The van der Waals surface area contributed by atoms with Crippen molar-refractivity contribution < 1.29 is 19.1 Å². The van der Waals surface area contributed by atoms with E-state index in [4.69, 9.17) is 9.47 Å². The van der Waals surface area contributed by atoms with E-state index in [0.717, 1.165) is 12.0 Å². The summed E-state index contributed by atoms with van der Waals surface area (Å²) in [6, 6.07) is 5.14. The van der Waals surface area contributed by atoms with Crippen molar-refractivity contribution in [2.45, 2.75) is 46.6 Å². The second-order valence-electron chi connectivity index (χ2n) is 5.46. The molecule has 0 N–H and O–H groups in total. The van der Waals surface area contributed by atoms with Gasteiger partial charge >= 0.3 is 11.9 Å². The molecule has 110 valence electrons. The molecule has 1 aromatic carbocycles. The number of rotatable bonds is 4. The van der Waals surface area contributed by atoms with Crippen LogP contribution in [0.5, 0.6) is 0 Å². The number of ether oxygens (including phenoxy) is 2. The minimum absolute atomic E-state index is 0.248. The van der Waals surface area contributed by atoms with Gasteiger partial charge in [0, 0.05) is 0 Å². The van der Waals surface area contributed by atoms with Gasteiger partial charge in [-0.2, -0.15) is 0 Å². The highest BCUT2D eigenvalue weighted by Crippen LogP contribution is 2.18. The van der Waals surface area contributed by atoms with Gasteiger partial charge in [0.25, 0.3) is 0 Å². The van der Waals surface area contributed by atoms with Gasteiger partial charge in [0.2, 0.25) is 0 Å². The molecule has 0 aliphatic rings. The van der Waals surface area contributed by atoms with Crippen LogP contribution in [0.3, 0.4) is 0 Å². The van der Waals surface area contributed by atoms with Gasteiger partial charge in [-0.3, -0.25) is 0 Å². The first-order chi connectivity index (χ1) is 9.28. The van der Waals surface area contributed by atoms with Gasteiger partial charge in [0.15, 0.2) is 0 Å². The third kappa shape index (κ3) is 4.37. The smallest absolute Gasteiger partial charge is 0.339 e. The van der Waals surface area contributed by atoms with E-state index in [-0.39, 0.29) is 17.7 Å². The summed E-state index contributed by atoms with van der Waals surface area (Å²) in [7, 11) is 0. The Morgan fingerprint density at radius 3 is 2.20 bits per heavy atom. The summed E-state index contributed by atoms with van der Waals surface area (Å²) < 4.78 is 10.3. The predicted molar refractivity (Wildman–Crippen MR) is 76.9 cm³/mol. The number of carbonyl (C=O) groups is 2. The van der Waals surface area contributed by atoms with E-state index in [1.807, 2.05) is 13.0 Å². The van der Waals surface area contributed by atoms with E-state index < -0.39 is 17.5 Å². The molecule has 0 saturated carbocycles. The minimum Gasteiger partial charge on any atom is -0.462 e. The molecule has 0 heterocycles. The van der Waals surface area contributed by atoms with Gasteiger partial charge in [0.05, 0.1) is 17.7 Å². The molecule has 20 heavy (non-hydrogen) atoms. The van der Waals surface area contributed by atoms with Crippen molar-refractivity contribution >= 4 is 11.9 Å². The second kappa shape index (κ2) is 6.55. The summed E-state index contributed by atoms with van der Waals surface area (Å²) in [5, 5.41) is 0. The Morgan fingerprint density at radius 2 is 1.70 bits per heavy atom. The average molecular weight is 278 g/mol. The molecule has 0 unspecified atom stereocenters. The Labute approximate surface area is 120 Å². The van der Waals surface area contributed by atoms with Gasteiger partial charge in [-0.05, 0) is 51.8 Å². The fourth-order valence-electron chi connectivity index (χ4n) is 1.70. The van der Waals surface area contributed by atoms with E-state index in [2.05, 4.69) is 0 Å².